The van der Waals surface area contributed by atoms with Crippen LogP contribution in [-0.2, 0) is 6.18 Å². The van der Waals surface area contributed by atoms with Crippen LogP contribution in [0.15, 0.2) is 71.0 Å². The normalized spacial score (nSPS) is 11.5. The number of halogens is 3. The average Bonchev–Trinajstić information content (AvgIpc) is 3.17. The summed E-state index contributed by atoms with van der Waals surface area (Å²) < 4.78 is 45.1. The van der Waals surface area contributed by atoms with Crippen molar-refractivity contribution >= 4 is 11.8 Å². The van der Waals surface area contributed by atoms with E-state index in [0.29, 0.717) is 22.4 Å². The monoisotopic (exact) mass is 430 g/mol. The van der Waals surface area contributed by atoms with Crippen LogP contribution in [-0.4, -0.2) is 37.1 Å². The van der Waals surface area contributed by atoms with Crippen LogP contribution in [0.3, 0.4) is 0 Å². The SMILES string of the molecule is COc1ccc(-n2c(Sc3ccc(C(F)(F)F)nn3)nnc2-c2ccccn2)cc1. The molecule has 7 nitrogen and oxygen atoms in total. The second kappa shape index (κ2) is 8.11. The lowest BCUT2D eigenvalue weighted by molar-refractivity contribution is -0.141. The molecule has 0 spiro atoms. The Hall–Kier alpha value is -3.47. The minimum Gasteiger partial charge on any atom is -0.497 e. The molecular weight excluding hydrogens is 417 g/mol. The predicted octanol–water partition coefficient (Wildman–Crippen LogP) is 4.30. The van der Waals surface area contributed by atoms with Crippen LogP contribution in [0.4, 0.5) is 13.2 Å². The molecular formula is C19H13F3N6OS. The van der Waals surface area contributed by atoms with Crippen molar-refractivity contribution in [2.45, 2.75) is 16.4 Å². The van der Waals surface area contributed by atoms with Gasteiger partial charge in [-0.25, -0.2) is 0 Å². The lowest BCUT2D eigenvalue weighted by Crippen LogP contribution is -2.09. The van der Waals surface area contributed by atoms with Crippen molar-refractivity contribution in [3.63, 3.8) is 0 Å². The minimum atomic E-state index is -4.55. The summed E-state index contributed by atoms with van der Waals surface area (Å²) in [5, 5.41) is 16.0. The number of hydrogen-bond donors (Lipinski definition) is 0. The van der Waals surface area contributed by atoms with Gasteiger partial charge in [0.1, 0.15) is 16.5 Å². The largest absolute Gasteiger partial charge is 0.497 e. The Bertz CT molecular complexity index is 1130. The molecule has 11 heteroatoms. The Morgan fingerprint density at radius 2 is 1.70 bits per heavy atom. The first-order valence-corrected chi connectivity index (χ1v) is 9.37. The van der Waals surface area contributed by atoms with Gasteiger partial charge in [-0.3, -0.25) is 9.55 Å². The van der Waals surface area contributed by atoms with E-state index in [1.807, 2.05) is 18.2 Å². The summed E-state index contributed by atoms with van der Waals surface area (Å²) in [6.07, 6.45) is -2.91. The highest BCUT2D eigenvalue weighted by molar-refractivity contribution is 7.99. The molecule has 4 rings (SSSR count). The van der Waals surface area contributed by atoms with E-state index in [9.17, 15) is 13.2 Å². The van der Waals surface area contributed by atoms with Gasteiger partial charge in [-0.1, -0.05) is 6.07 Å². The number of nitrogens with zero attached hydrogens (tertiary/aromatic N) is 6. The molecule has 1 aromatic carbocycles. The quantitative estimate of drug-likeness (QED) is 0.467. The van der Waals surface area contributed by atoms with E-state index in [2.05, 4.69) is 25.4 Å². The smallest absolute Gasteiger partial charge is 0.435 e. The molecule has 0 amide bonds. The van der Waals surface area contributed by atoms with Crippen molar-refractivity contribution in [3.8, 4) is 23.0 Å². The highest BCUT2D eigenvalue weighted by Gasteiger charge is 2.33. The molecule has 152 valence electrons. The second-order valence-corrected chi connectivity index (χ2v) is 6.90. The Labute approximate surface area is 173 Å². The van der Waals surface area contributed by atoms with Crippen LogP contribution in [0.1, 0.15) is 5.69 Å². The van der Waals surface area contributed by atoms with E-state index in [1.165, 1.54) is 6.07 Å². The van der Waals surface area contributed by atoms with Gasteiger partial charge in [0.2, 0.25) is 5.16 Å². The summed E-state index contributed by atoms with van der Waals surface area (Å²) in [4.78, 5) is 4.32. The molecule has 3 aromatic heterocycles. The fourth-order valence-corrected chi connectivity index (χ4v) is 3.35. The van der Waals surface area contributed by atoms with Crippen molar-refractivity contribution in [2.24, 2.45) is 0 Å². The molecule has 3 heterocycles. The fraction of sp³-hybridized carbons (Fsp3) is 0.105. The van der Waals surface area contributed by atoms with Crippen molar-refractivity contribution in [2.75, 3.05) is 7.11 Å². The molecule has 30 heavy (non-hydrogen) atoms. The first-order valence-electron chi connectivity index (χ1n) is 8.56. The number of aromatic nitrogens is 6. The number of ether oxygens (including phenoxy) is 1. The topological polar surface area (TPSA) is 78.6 Å². The zero-order valence-electron chi connectivity index (χ0n) is 15.4. The van der Waals surface area contributed by atoms with Crippen LogP contribution >= 0.6 is 11.8 Å². The molecule has 0 unspecified atom stereocenters. The van der Waals surface area contributed by atoms with Gasteiger partial charge in [0, 0.05) is 6.20 Å². The molecule has 0 N–H and O–H groups in total. The molecule has 0 saturated carbocycles. The van der Waals surface area contributed by atoms with Gasteiger partial charge >= 0.3 is 6.18 Å². The van der Waals surface area contributed by atoms with Gasteiger partial charge in [0.05, 0.1) is 12.8 Å². The van der Waals surface area contributed by atoms with Gasteiger partial charge < -0.3 is 4.74 Å². The van der Waals surface area contributed by atoms with Gasteiger partial charge in [0.25, 0.3) is 0 Å². The lowest BCUT2D eigenvalue weighted by Gasteiger charge is -2.10. The third kappa shape index (κ3) is 4.10. The van der Waals surface area contributed by atoms with Crippen molar-refractivity contribution < 1.29 is 17.9 Å². The number of rotatable bonds is 5. The van der Waals surface area contributed by atoms with Gasteiger partial charge in [-0.05, 0) is 60.3 Å². The number of alkyl halides is 3. The van der Waals surface area contributed by atoms with Crippen LogP contribution in [0.5, 0.6) is 5.75 Å². The average molecular weight is 430 g/mol. The van der Waals surface area contributed by atoms with E-state index in [1.54, 1.807) is 42.1 Å². The van der Waals surface area contributed by atoms with Crippen LogP contribution in [0, 0.1) is 0 Å². The standard InChI is InChI=1S/C19H13F3N6OS/c1-29-13-7-5-12(6-8-13)28-17(14-4-2-3-11-23-14)26-27-18(28)30-16-10-9-15(24-25-16)19(20,21)22/h2-11H,1H3. The lowest BCUT2D eigenvalue weighted by atomic mass is 10.3. The molecule has 0 aliphatic carbocycles. The Morgan fingerprint density at radius 3 is 2.30 bits per heavy atom. The summed E-state index contributed by atoms with van der Waals surface area (Å²) in [6, 6.07) is 14.7. The van der Waals surface area contributed by atoms with Crippen molar-refractivity contribution in [1.29, 1.82) is 0 Å². The maximum Gasteiger partial charge on any atom is 0.435 e. The molecule has 0 fully saturated rings. The van der Waals surface area contributed by atoms with Crippen LogP contribution < -0.4 is 4.74 Å². The Balaban J connectivity index is 1.75. The summed E-state index contributed by atoms with van der Waals surface area (Å²) in [6.45, 7) is 0. The fourth-order valence-electron chi connectivity index (χ4n) is 2.58. The molecule has 0 radical (unpaired) electrons. The van der Waals surface area contributed by atoms with E-state index in [0.717, 1.165) is 23.5 Å². The van der Waals surface area contributed by atoms with Gasteiger partial charge in [-0.15, -0.1) is 20.4 Å². The first kappa shape index (κ1) is 19.8. The Morgan fingerprint density at radius 1 is 0.900 bits per heavy atom. The molecule has 0 aliphatic heterocycles. The third-order valence-corrected chi connectivity index (χ3v) is 4.86. The molecule has 0 aliphatic rings. The second-order valence-electron chi connectivity index (χ2n) is 5.91. The highest BCUT2D eigenvalue weighted by atomic mass is 32.2. The molecule has 0 saturated heterocycles. The summed E-state index contributed by atoms with van der Waals surface area (Å²) in [7, 11) is 1.57. The van der Waals surface area contributed by atoms with Crippen molar-refractivity contribution in [3.05, 3.63) is 66.5 Å². The summed E-state index contributed by atoms with van der Waals surface area (Å²) >= 11 is 1.04. The summed E-state index contributed by atoms with van der Waals surface area (Å²) in [5.74, 6) is 1.15. The zero-order valence-corrected chi connectivity index (χ0v) is 16.2. The third-order valence-electron chi connectivity index (χ3n) is 3.98. The van der Waals surface area contributed by atoms with E-state index < -0.39 is 11.9 Å². The molecule has 4 aromatic rings. The number of hydrogen-bond acceptors (Lipinski definition) is 7. The number of pyridine rings is 1. The number of benzene rings is 1. The minimum absolute atomic E-state index is 0.248. The van der Waals surface area contributed by atoms with Gasteiger partial charge in [0.15, 0.2) is 11.5 Å². The van der Waals surface area contributed by atoms with E-state index in [-0.39, 0.29) is 5.03 Å². The van der Waals surface area contributed by atoms with E-state index >= 15 is 0 Å². The Kier molecular flexibility index (Phi) is 5.36. The predicted molar refractivity (Wildman–Crippen MR) is 102 cm³/mol. The highest BCUT2D eigenvalue weighted by Crippen LogP contribution is 2.32. The molecule has 0 bridgehead atoms. The van der Waals surface area contributed by atoms with Crippen LogP contribution in [0.2, 0.25) is 0 Å². The zero-order chi connectivity index (χ0) is 21.1. The van der Waals surface area contributed by atoms with E-state index in [4.69, 9.17) is 4.74 Å². The van der Waals surface area contributed by atoms with Gasteiger partial charge in [-0.2, -0.15) is 13.2 Å². The maximum atomic E-state index is 12.7. The first-order chi connectivity index (χ1) is 14.5. The summed E-state index contributed by atoms with van der Waals surface area (Å²) in [5.41, 5.74) is 0.257. The number of methoxy groups -OCH3 is 1. The van der Waals surface area contributed by atoms with Crippen LogP contribution in [0.25, 0.3) is 17.2 Å². The maximum absolute atomic E-state index is 12.7. The molecule has 0 atom stereocenters. The van der Waals surface area contributed by atoms with Crippen molar-refractivity contribution in [1.82, 2.24) is 29.9 Å².